The fourth-order valence-corrected chi connectivity index (χ4v) is 5.08. The zero-order chi connectivity index (χ0) is 22.2. The van der Waals surface area contributed by atoms with Crippen LogP contribution in [0.25, 0.3) is 11.1 Å². The quantitative estimate of drug-likeness (QED) is 0.707. The van der Waals surface area contributed by atoms with Crippen molar-refractivity contribution in [2.45, 2.75) is 31.3 Å². The molecule has 3 fully saturated rings. The number of urea groups is 1. The minimum Gasteiger partial charge on any atom is -0.370 e. The first-order valence-electron chi connectivity index (χ1n) is 11.1. The second kappa shape index (κ2) is 8.62. The van der Waals surface area contributed by atoms with Gasteiger partial charge in [-0.25, -0.2) is 13.6 Å². The summed E-state index contributed by atoms with van der Waals surface area (Å²) in [6.45, 7) is 2.73. The van der Waals surface area contributed by atoms with Crippen molar-refractivity contribution < 1.29 is 23.1 Å². The summed E-state index contributed by atoms with van der Waals surface area (Å²) < 4.78 is 32.2. The molecule has 32 heavy (non-hydrogen) atoms. The van der Waals surface area contributed by atoms with E-state index in [-0.39, 0.29) is 41.9 Å². The van der Waals surface area contributed by atoms with E-state index in [0.717, 1.165) is 17.5 Å². The number of hydrogen-bond acceptors (Lipinski definition) is 3. The molecule has 0 N–H and O–H groups in total. The Kier molecular flexibility index (Phi) is 5.67. The third-order valence-electron chi connectivity index (χ3n) is 6.92. The van der Waals surface area contributed by atoms with Gasteiger partial charge in [-0.2, -0.15) is 0 Å². The third kappa shape index (κ3) is 4.01. The molecule has 0 spiro atoms. The van der Waals surface area contributed by atoms with Crippen molar-refractivity contribution in [3.05, 3.63) is 59.7 Å². The van der Waals surface area contributed by atoms with Gasteiger partial charge in [0.1, 0.15) is 6.61 Å². The molecule has 2 aromatic rings. The molecular weight excluding hydrogens is 414 g/mol. The Hall–Kier alpha value is -2.80. The SMILES string of the molecule is O=C1CO[C@H]2CCN(C(=O)N3CC(c4ccc(-c5ccccc5C(F)F)cc4)C3)C[C@H]2C1. The number of amides is 2. The van der Waals surface area contributed by atoms with E-state index in [2.05, 4.69) is 0 Å². The normalized spacial score (nSPS) is 23.8. The fourth-order valence-electron chi connectivity index (χ4n) is 5.08. The number of rotatable bonds is 3. The third-order valence-corrected chi connectivity index (χ3v) is 6.92. The van der Waals surface area contributed by atoms with Crippen molar-refractivity contribution in [1.29, 1.82) is 0 Å². The molecule has 3 aliphatic rings. The molecule has 0 saturated carbocycles. The maximum absolute atomic E-state index is 13.3. The average molecular weight is 440 g/mol. The van der Waals surface area contributed by atoms with Gasteiger partial charge in [0.2, 0.25) is 0 Å². The number of ether oxygens (including phenoxy) is 1. The van der Waals surface area contributed by atoms with E-state index in [1.54, 1.807) is 18.2 Å². The van der Waals surface area contributed by atoms with Crippen LogP contribution in [0.5, 0.6) is 0 Å². The van der Waals surface area contributed by atoms with Crippen molar-refractivity contribution in [2.75, 3.05) is 32.8 Å². The number of ketones is 1. The maximum Gasteiger partial charge on any atom is 0.320 e. The highest BCUT2D eigenvalue weighted by molar-refractivity contribution is 5.81. The molecule has 0 unspecified atom stereocenters. The number of hydrogen-bond donors (Lipinski definition) is 0. The number of carbonyl (C=O) groups is 2. The summed E-state index contributed by atoms with van der Waals surface area (Å²) in [7, 11) is 0. The molecule has 2 aromatic carbocycles. The summed E-state index contributed by atoms with van der Waals surface area (Å²) in [6.07, 6.45) is -1.14. The van der Waals surface area contributed by atoms with Gasteiger partial charge in [0.05, 0.1) is 6.10 Å². The summed E-state index contributed by atoms with van der Waals surface area (Å²) >= 11 is 0. The number of nitrogens with zero attached hydrogens (tertiary/aromatic N) is 2. The molecule has 3 heterocycles. The topological polar surface area (TPSA) is 49.9 Å². The lowest BCUT2D eigenvalue weighted by Gasteiger charge is -2.46. The summed E-state index contributed by atoms with van der Waals surface area (Å²) in [5.41, 5.74) is 2.46. The van der Waals surface area contributed by atoms with Crippen LogP contribution in [0.2, 0.25) is 0 Å². The zero-order valence-corrected chi connectivity index (χ0v) is 17.8. The zero-order valence-electron chi connectivity index (χ0n) is 17.8. The first-order valence-corrected chi connectivity index (χ1v) is 11.1. The van der Waals surface area contributed by atoms with Gasteiger partial charge in [0.25, 0.3) is 6.43 Å². The van der Waals surface area contributed by atoms with E-state index in [1.807, 2.05) is 34.1 Å². The van der Waals surface area contributed by atoms with E-state index in [9.17, 15) is 18.4 Å². The van der Waals surface area contributed by atoms with Crippen LogP contribution in [-0.4, -0.2) is 60.5 Å². The van der Waals surface area contributed by atoms with Crippen molar-refractivity contribution in [3.63, 3.8) is 0 Å². The molecule has 7 heteroatoms. The summed E-state index contributed by atoms with van der Waals surface area (Å²) in [5.74, 6) is 0.467. The van der Waals surface area contributed by atoms with Crippen LogP contribution >= 0.6 is 0 Å². The lowest BCUT2D eigenvalue weighted by atomic mass is 9.87. The van der Waals surface area contributed by atoms with E-state index in [1.165, 1.54) is 6.07 Å². The monoisotopic (exact) mass is 440 g/mol. The lowest BCUT2D eigenvalue weighted by Crippen LogP contribution is -2.58. The average Bonchev–Trinajstić information content (AvgIpc) is 2.78. The summed E-state index contributed by atoms with van der Waals surface area (Å²) in [4.78, 5) is 28.3. The number of alkyl halides is 2. The van der Waals surface area contributed by atoms with Gasteiger partial charge in [0, 0.05) is 50.0 Å². The Morgan fingerprint density at radius 1 is 1.00 bits per heavy atom. The van der Waals surface area contributed by atoms with Crippen LogP contribution in [0.4, 0.5) is 13.6 Å². The molecule has 5 nitrogen and oxygen atoms in total. The minimum absolute atomic E-state index is 0.0280. The Bertz CT molecular complexity index is 1000. The molecule has 2 amide bonds. The molecule has 3 aliphatic heterocycles. The van der Waals surface area contributed by atoms with Gasteiger partial charge in [-0.3, -0.25) is 4.79 Å². The van der Waals surface area contributed by atoms with Gasteiger partial charge in [-0.1, -0.05) is 48.5 Å². The smallest absolute Gasteiger partial charge is 0.320 e. The van der Waals surface area contributed by atoms with E-state index >= 15 is 0 Å². The van der Waals surface area contributed by atoms with Crippen LogP contribution in [0, 0.1) is 5.92 Å². The Labute approximate surface area is 186 Å². The first-order chi connectivity index (χ1) is 15.5. The van der Waals surface area contributed by atoms with E-state index in [4.69, 9.17) is 4.74 Å². The second-order valence-electron chi connectivity index (χ2n) is 8.98. The number of Topliss-reactive ketones (excluding diaryl/α,β-unsaturated/α-hetero) is 1. The number of fused-ring (bicyclic) bond motifs is 1. The predicted octanol–water partition coefficient (Wildman–Crippen LogP) is 4.49. The molecule has 5 rings (SSSR count). The van der Waals surface area contributed by atoms with E-state index < -0.39 is 6.43 Å². The van der Waals surface area contributed by atoms with Gasteiger partial charge in [-0.05, 0) is 23.1 Å². The van der Waals surface area contributed by atoms with Gasteiger partial charge in [0.15, 0.2) is 5.78 Å². The number of halogens is 2. The molecule has 0 aliphatic carbocycles. The van der Waals surface area contributed by atoms with Crippen LogP contribution in [0.1, 0.15) is 36.3 Å². The Balaban J connectivity index is 1.19. The Morgan fingerprint density at radius 3 is 2.50 bits per heavy atom. The second-order valence-corrected chi connectivity index (χ2v) is 8.98. The number of carbonyl (C=O) groups excluding carboxylic acids is 2. The minimum atomic E-state index is -2.51. The maximum atomic E-state index is 13.3. The highest BCUT2D eigenvalue weighted by atomic mass is 19.3. The molecule has 0 radical (unpaired) electrons. The molecular formula is C25H26F2N2O3. The van der Waals surface area contributed by atoms with Gasteiger partial charge in [-0.15, -0.1) is 0 Å². The fraction of sp³-hybridized carbons (Fsp3) is 0.440. The number of benzene rings is 2. The van der Waals surface area contributed by atoms with Crippen LogP contribution in [-0.2, 0) is 9.53 Å². The van der Waals surface area contributed by atoms with Crippen molar-refractivity contribution in [2.24, 2.45) is 5.92 Å². The molecule has 0 aromatic heterocycles. The van der Waals surface area contributed by atoms with E-state index in [0.29, 0.717) is 38.2 Å². The molecule has 168 valence electrons. The Morgan fingerprint density at radius 2 is 1.75 bits per heavy atom. The summed E-state index contributed by atoms with van der Waals surface area (Å²) in [6, 6.07) is 14.3. The molecule has 0 bridgehead atoms. The highest BCUT2D eigenvalue weighted by Gasteiger charge is 2.40. The molecule has 2 atom stereocenters. The molecule has 3 saturated heterocycles. The summed E-state index contributed by atoms with van der Waals surface area (Å²) in [5, 5.41) is 0. The number of likely N-dealkylation sites (tertiary alicyclic amines) is 2. The highest BCUT2D eigenvalue weighted by Crippen LogP contribution is 2.34. The van der Waals surface area contributed by atoms with Crippen molar-refractivity contribution in [3.8, 4) is 11.1 Å². The van der Waals surface area contributed by atoms with Gasteiger partial charge < -0.3 is 14.5 Å². The van der Waals surface area contributed by atoms with Crippen LogP contribution < -0.4 is 0 Å². The largest absolute Gasteiger partial charge is 0.370 e. The van der Waals surface area contributed by atoms with Crippen molar-refractivity contribution >= 4 is 11.8 Å². The van der Waals surface area contributed by atoms with Crippen LogP contribution in [0.15, 0.2) is 48.5 Å². The van der Waals surface area contributed by atoms with Crippen molar-refractivity contribution in [1.82, 2.24) is 9.80 Å². The number of piperidine rings is 1. The predicted molar refractivity (Wildman–Crippen MR) is 116 cm³/mol. The van der Waals surface area contributed by atoms with Gasteiger partial charge >= 0.3 is 6.03 Å². The standard InChI is InChI=1S/C25H26F2N2O3/c26-24(27)22-4-2-1-3-21(22)17-7-5-16(6-8-17)19-13-29(14-19)25(31)28-10-9-23-18(12-28)11-20(30)15-32-23/h1-8,18-19,23-24H,9-15H2/t18-,23+/m1/s1. The van der Waals surface area contributed by atoms with Crippen LogP contribution in [0.3, 0.4) is 0 Å². The lowest BCUT2D eigenvalue weighted by molar-refractivity contribution is -0.140. The first kappa shape index (κ1) is 21.1.